The number of benzene rings is 1. The maximum Gasteiger partial charge on any atom is 0.302 e. The first-order valence-electron chi connectivity index (χ1n) is 13.4. The summed E-state index contributed by atoms with van der Waals surface area (Å²) in [7, 11) is 0. The number of esters is 1. The third-order valence-electron chi connectivity index (χ3n) is 9.96. The third kappa shape index (κ3) is 4.13. The van der Waals surface area contributed by atoms with Gasteiger partial charge in [0.25, 0.3) is 5.91 Å². The number of nitrogens with two attached hydrogens (primary N) is 1. The number of halogens is 1. The molecule has 5 rings (SSSR count). The van der Waals surface area contributed by atoms with Gasteiger partial charge in [-0.2, -0.15) is 5.26 Å². The van der Waals surface area contributed by atoms with Crippen molar-refractivity contribution in [2.45, 2.75) is 71.8 Å². The number of allylic oxidation sites excluding steroid dienone is 3. The number of nitriles is 1. The quantitative estimate of drug-likeness (QED) is 0.237. The largest absolute Gasteiger partial charge is 0.462 e. The Bertz CT molecular complexity index is 1290. The highest BCUT2D eigenvalue weighted by molar-refractivity contribution is 5.98. The van der Waals surface area contributed by atoms with E-state index in [4.69, 9.17) is 10.5 Å². The number of hydrogen-bond acceptors (Lipinski definition) is 4. The van der Waals surface area contributed by atoms with Gasteiger partial charge in [0, 0.05) is 18.9 Å². The number of carbonyl (C=O) groups excluding carboxylic acids is 2. The molecule has 1 aromatic rings. The Morgan fingerprint density at radius 3 is 2.54 bits per heavy atom. The summed E-state index contributed by atoms with van der Waals surface area (Å²) < 4.78 is 20.2. The number of rotatable bonds is 3. The van der Waals surface area contributed by atoms with Crippen LogP contribution in [0.25, 0.3) is 6.08 Å². The van der Waals surface area contributed by atoms with Crippen molar-refractivity contribution in [2.24, 2.45) is 34.3 Å². The summed E-state index contributed by atoms with van der Waals surface area (Å²) in [6, 6.07) is 8.69. The van der Waals surface area contributed by atoms with Crippen LogP contribution < -0.4 is 5.73 Å². The van der Waals surface area contributed by atoms with Crippen LogP contribution in [0.15, 0.2) is 52.6 Å². The highest BCUT2D eigenvalue weighted by Gasteiger charge is 2.59. The van der Waals surface area contributed by atoms with E-state index in [-0.39, 0.29) is 40.2 Å². The highest BCUT2D eigenvalue weighted by Crippen LogP contribution is 2.67. The summed E-state index contributed by atoms with van der Waals surface area (Å²) in [5.41, 5.74) is 8.82. The SMILES string of the molecule is CC(=O)O[C@H]1CC[C@@]2(C)C(=CC[C@@H]3[C@@H]2CC[C@]2(C)C(=C(\C#N)C(N)=O)/C(=C/c4ccccc4F)C[C@@H]32)C1. The Kier molecular flexibility index (Phi) is 6.38. The summed E-state index contributed by atoms with van der Waals surface area (Å²) in [5, 5.41) is 9.96. The molecule has 1 amide bonds. The number of ether oxygens (including phenoxy) is 1. The van der Waals surface area contributed by atoms with Crippen molar-refractivity contribution < 1.29 is 18.7 Å². The zero-order valence-corrected chi connectivity index (χ0v) is 21.9. The molecule has 0 bridgehead atoms. The molecule has 3 fully saturated rings. The molecule has 6 heteroatoms. The molecule has 194 valence electrons. The van der Waals surface area contributed by atoms with Crippen LogP contribution in [0.5, 0.6) is 0 Å². The lowest BCUT2D eigenvalue weighted by atomic mass is 9.47. The minimum absolute atomic E-state index is 0.00572. The van der Waals surface area contributed by atoms with Crippen LogP contribution in [0.2, 0.25) is 0 Å². The van der Waals surface area contributed by atoms with Gasteiger partial charge in [0.15, 0.2) is 0 Å². The summed E-state index contributed by atoms with van der Waals surface area (Å²) in [6.45, 7) is 6.01. The second-order valence-electron chi connectivity index (χ2n) is 11.8. The van der Waals surface area contributed by atoms with Crippen LogP contribution in [0.3, 0.4) is 0 Å². The molecule has 2 N–H and O–H groups in total. The zero-order valence-electron chi connectivity index (χ0n) is 21.9. The zero-order chi connectivity index (χ0) is 26.5. The number of primary amides is 1. The Balaban J connectivity index is 1.56. The minimum Gasteiger partial charge on any atom is -0.462 e. The van der Waals surface area contributed by atoms with Gasteiger partial charge in [0.1, 0.15) is 23.6 Å². The first-order chi connectivity index (χ1) is 17.6. The molecule has 0 aromatic heterocycles. The van der Waals surface area contributed by atoms with Gasteiger partial charge >= 0.3 is 5.97 Å². The molecule has 1 aromatic carbocycles. The van der Waals surface area contributed by atoms with Gasteiger partial charge in [0.2, 0.25) is 0 Å². The molecule has 3 saturated carbocycles. The average molecular weight is 503 g/mol. The van der Waals surface area contributed by atoms with Crippen molar-refractivity contribution in [1.29, 1.82) is 5.26 Å². The van der Waals surface area contributed by atoms with Crippen molar-refractivity contribution in [1.82, 2.24) is 0 Å². The molecule has 37 heavy (non-hydrogen) atoms. The Hall–Kier alpha value is -3.20. The lowest BCUT2D eigenvalue weighted by Gasteiger charge is -2.57. The second kappa shape index (κ2) is 9.28. The van der Waals surface area contributed by atoms with E-state index >= 15 is 0 Å². The smallest absolute Gasteiger partial charge is 0.302 e. The van der Waals surface area contributed by atoms with Crippen LogP contribution in [0, 0.1) is 45.7 Å². The van der Waals surface area contributed by atoms with Gasteiger partial charge in [-0.15, -0.1) is 0 Å². The Morgan fingerprint density at radius 1 is 1.14 bits per heavy atom. The van der Waals surface area contributed by atoms with Crippen LogP contribution >= 0.6 is 0 Å². The molecule has 0 unspecified atom stereocenters. The van der Waals surface area contributed by atoms with Gasteiger partial charge in [-0.3, -0.25) is 9.59 Å². The van der Waals surface area contributed by atoms with E-state index in [9.17, 15) is 19.2 Å². The maximum absolute atomic E-state index is 14.6. The average Bonchev–Trinajstić information content (AvgIpc) is 3.13. The fourth-order valence-electron chi connectivity index (χ4n) is 8.27. The molecule has 0 radical (unpaired) electrons. The fraction of sp³-hybridized carbons (Fsp3) is 0.516. The molecule has 0 aliphatic heterocycles. The first kappa shape index (κ1) is 25.4. The molecular weight excluding hydrogens is 467 g/mol. The highest BCUT2D eigenvalue weighted by atomic mass is 19.1. The van der Waals surface area contributed by atoms with Crippen LogP contribution in [-0.4, -0.2) is 18.0 Å². The number of carbonyl (C=O) groups is 2. The minimum atomic E-state index is -0.720. The van der Waals surface area contributed by atoms with Gasteiger partial charge in [0.05, 0.1) is 0 Å². The second-order valence-corrected chi connectivity index (χ2v) is 11.8. The number of fused-ring (bicyclic) bond motifs is 5. The Labute approximate surface area is 218 Å². The molecule has 4 aliphatic rings. The monoisotopic (exact) mass is 502 g/mol. The van der Waals surface area contributed by atoms with Crippen molar-refractivity contribution in [3.8, 4) is 6.07 Å². The van der Waals surface area contributed by atoms with E-state index in [1.54, 1.807) is 18.2 Å². The summed E-state index contributed by atoms with van der Waals surface area (Å²) >= 11 is 0. The summed E-state index contributed by atoms with van der Waals surface area (Å²) in [6.07, 6.45) is 10.2. The molecule has 4 aliphatic carbocycles. The predicted molar refractivity (Wildman–Crippen MR) is 139 cm³/mol. The lowest BCUT2D eigenvalue weighted by Crippen LogP contribution is -2.50. The van der Waals surface area contributed by atoms with Crippen molar-refractivity contribution in [3.63, 3.8) is 0 Å². The van der Waals surface area contributed by atoms with E-state index < -0.39 is 5.91 Å². The molecule has 0 spiro atoms. The fourth-order valence-corrected chi connectivity index (χ4v) is 8.27. The van der Waals surface area contributed by atoms with E-state index in [0.29, 0.717) is 29.4 Å². The molecule has 0 heterocycles. The first-order valence-corrected chi connectivity index (χ1v) is 13.4. The Morgan fingerprint density at radius 2 is 1.86 bits per heavy atom. The third-order valence-corrected chi connectivity index (χ3v) is 9.96. The van der Waals surface area contributed by atoms with Crippen molar-refractivity contribution in [2.75, 3.05) is 0 Å². The number of amides is 1. The van der Waals surface area contributed by atoms with Gasteiger partial charge in [-0.05, 0) is 90.4 Å². The summed E-state index contributed by atoms with van der Waals surface area (Å²) in [5.74, 6) is -0.194. The van der Waals surface area contributed by atoms with Crippen molar-refractivity contribution in [3.05, 3.63) is 64.0 Å². The number of hydrogen-bond donors (Lipinski definition) is 1. The lowest BCUT2D eigenvalue weighted by molar-refractivity contribution is -0.148. The molecule has 6 atom stereocenters. The van der Waals surface area contributed by atoms with Crippen molar-refractivity contribution >= 4 is 18.0 Å². The maximum atomic E-state index is 14.6. The van der Waals surface area contributed by atoms with Crippen LogP contribution in [0.1, 0.15) is 71.3 Å². The summed E-state index contributed by atoms with van der Waals surface area (Å²) in [4.78, 5) is 24.0. The standard InChI is InChI=1S/C31H35FN2O3/c1-18(35)37-22-10-12-30(2)21(16-22)8-9-23-25(30)11-13-31(3)26(23)15-20(28(31)24(17-33)29(34)36)14-19-6-4-5-7-27(19)32/h4-8,14,22-23,25-26H,9-13,15-16H2,1-3H3,(H2,34,36)/b20-14+,28-24+/t22-,23+,25-,26-,30-,31-/m0/s1. The van der Waals surface area contributed by atoms with Gasteiger partial charge in [-0.1, -0.05) is 43.7 Å². The van der Waals surface area contributed by atoms with Crippen LogP contribution in [0.4, 0.5) is 4.39 Å². The topological polar surface area (TPSA) is 93.2 Å². The van der Waals surface area contributed by atoms with E-state index in [1.165, 1.54) is 18.6 Å². The van der Waals surface area contributed by atoms with Gasteiger partial charge < -0.3 is 10.5 Å². The molecule has 5 nitrogen and oxygen atoms in total. The van der Waals surface area contributed by atoms with E-state index in [1.807, 2.05) is 6.08 Å². The molecular formula is C31H35FN2O3. The van der Waals surface area contributed by atoms with Crippen LogP contribution in [-0.2, 0) is 14.3 Å². The van der Waals surface area contributed by atoms with E-state index in [2.05, 4.69) is 26.0 Å². The van der Waals surface area contributed by atoms with Gasteiger partial charge in [-0.25, -0.2) is 4.39 Å². The number of nitrogens with zero attached hydrogens (tertiary/aromatic N) is 1. The molecule has 0 saturated heterocycles. The normalized spacial score (nSPS) is 36.9. The van der Waals surface area contributed by atoms with E-state index in [0.717, 1.165) is 44.1 Å². The predicted octanol–water partition coefficient (Wildman–Crippen LogP) is 6.02.